The van der Waals surface area contributed by atoms with E-state index in [1.165, 1.54) is 11.8 Å². The van der Waals surface area contributed by atoms with E-state index in [1.807, 2.05) is 12.3 Å². The minimum absolute atomic E-state index is 0.125. The highest BCUT2D eigenvalue weighted by Gasteiger charge is 2.05. The first-order valence-electron chi connectivity index (χ1n) is 4.16. The summed E-state index contributed by atoms with van der Waals surface area (Å²) in [5, 5.41) is 11.8. The van der Waals surface area contributed by atoms with E-state index in [2.05, 4.69) is 5.32 Å². The summed E-state index contributed by atoms with van der Waals surface area (Å²) >= 11 is 7.29. The Morgan fingerprint density at radius 2 is 2.40 bits per heavy atom. The number of hydrogen-bond donors (Lipinski definition) is 1. The summed E-state index contributed by atoms with van der Waals surface area (Å²) in [5.41, 5.74) is 0.952. The van der Waals surface area contributed by atoms with E-state index in [0.29, 0.717) is 22.0 Å². The van der Waals surface area contributed by atoms with Crippen LogP contribution >= 0.6 is 23.4 Å². The summed E-state index contributed by atoms with van der Waals surface area (Å²) < 4.78 is 0. The number of hydrogen-bond acceptors (Lipinski definition) is 3. The number of rotatable bonds is 3. The zero-order valence-corrected chi connectivity index (χ0v) is 9.65. The number of amides is 1. The second-order valence-electron chi connectivity index (χ2n) is 2.79. The lowest BCUT2D eigenvalue weighted by Gasteiger charge is -2.06. The van der Waals surface area contributed by atoms with Gasteiger partial charge in [0.25, 0.3) is 0 Å². The highest BCUT2D eigenvalue weighted by Crippen LogP contribution is 2.22. The zero-order valence-electron chi connectivity index (χ0n) is 8.08. The minimum Gasteiger partial charge on any atom is -0.324 e. The van der Waals surface area contributed by atoms with E-state index in [1.54, 1.807) is 18.2 Å². The number of carbonyl (C=O) groups excluding carboxylic acids is 1. The standard InChI is InChI=1S/C10H9ClN2OS/c1-15-6-10(14)13-9-4-7(5-12)2-3-8(9)11/h2-4H,6H2,1H3,(H,13,14). The van der Waals surface area contributed by atoms with Crippen molar-refractivity contribution in [3.63, 3.8) is 0 Å². The van der Waals surface area contributed by atoms with Crippen molar-refractivity contribution in [1.82, 2.24) is 0 Å². The molecule has 78 valence electrons. The first-order chi connectivity index (χ1) is 7.17. The van der Waals surface area contributed by atoms with Crippen molar-refractivity contribution in [2.75, 3.05) is 17.3 Å². The van der Waals surface area contributed by atoms with E-state index in [0.717, 1.165) is 0 Å². The van der Waals surface area contributed by atoms with Crippen LogP contribution in [-0.2, 0) is 4.79 Å². The number of thioether (sulfide) groups is 1. The quantitative estimate of drug-likeness (QED) is 0.883. The molecule has 0 saturated heterocycles. The van der Waals surface area contributed by atoms with Crippen molar-refractivity contribution in [1.29, 1.82) is 5.26 Å². The van der Waals surface area contributed by atoms with E-state index < -0.39 is 0 Å². The van der Waals surface area contributed by atoms with Crippen LogP contribution in [0.1, 0.15) is 5.56 Å². The van der Waals surface area contributed by atoms with Gasteiger partial charge in [-0.25, -0.2) is 0 Å². The van der Waals surface area contributed by atoms with Gasteiger partial charge >= 0.3 is 0 Å². The number of nitriles is 1. The molecular weight excluding hydrogens is 232 g/mol. The predicted molar refractivity (Wildman–Crippen MR) is 63.2 cm³/mol. The fraction of sp³-hybridized carbons (Fsp3) is 0.200. The summed E-state index contributed by atoms with van der Waals surface area (Å²) in [6, 6.07) is 6.74. The lowest BCUT2D eigenvalue weighted by molar-refractivity contribution is -0.113. The summed E-state index contributed by atoms with van der Waals surface area (Å²) in [6.07, 6.45) is 1.84. The van der Waals surface area contributed by atoms with Crippen LogP contribution in [0.5, 0.6) is 0 Å². The van der Waals surface area contributed by atoms with E-state index in [-0.39, 0.29) is 5.91 Å². The molecule has 0 fully saturated rings. The van der Waals surface area contributed by atoms with E-state index >= 15 is 0 Å². The summed E-state index contributed by atoms with van der Waals surface area (Å²) in [6.45, 7) is 0. The predicted octanol–water partition coefficient (Wildman–Crippen LogP) is 2.51. The monoisotopic (exact) mass is 240 g/mol. The normalized spacial score (nSPS) is 9.40. The maximum atomic E-state index is 11.3. The molecule has 0 radical (unpaired) electrons. The Morgan fingerprint density at radius 3 is 3.00 bits per heavy atom. The third-order valence-electron chi connectivity index (χ3n) is 1.64. The van der Waals surface area contributed by atoms with Gasteiger partial charge in [0.2, 0.25) is 5.91 Å². The van der Waals surface area contributed by atoms with Crippen LogP contribution in [0.15, 0.2) is 18.2 Å². The molecule has 0 bridgehead atoms. The van der Waals surface area contributed by atoms with Gasteiger partial charge in [-0.3, -0.25) is 4.79 Å². The van der Waals surface area contributed by atoms with Gasteiger partial charge in [-0.15, -0.1) is 0 Å². The average molecular weight is 241 g/mol. The number of carbonyl (C=O) groups is 1. The number of nitrogens with zero attached hydrogens (tertiary/aromatic N) is 1. The number of anilines is 1. The molecule has 15 heavy (non-hydrogen) atoms. The number of nitrogens with one attached hydrogen (secondary N) is 1. The van der Waals surface area contributed by atoms with Gasteiger partial charge < -0.3 is 5.32 Å². The fourth-order valence-corrected chi connectivity index (χ4v) is 1.51. The maximum Gasteiger partial charge on any atom is 0.234 e. The van der Waals surface area contributed by atoms with Gasteiger partial charge in [0, 0.05) is 0 Å². The molecule has 1 amide bonds. The molecule has 0 aliphatic carbocycles. The Balaban J connectivity index is 2.85. The highest BCUT2D eigenvalue weighted by molar-refractivity contribution is 7.99. The van der Waals surface area contributed by atoms with Crippen molar-refractivity contribution >= 4 is 35.0 Å². The Morgan fingerprint density at radius 1 is 1.67 bits per heavy atom. The number of halogens is 1. The first kappa shape index (κ1) is 11.9. The molecule has 0 atom stereocenters. The maximum absolute atomic E-state index is 11.3. The molecule has 0 aliphatic rings. The Hall–Kier alpha value is -1.18. The van der Waals surface area contributed by atoms with Gasteiger partial charge in [-0.05, 0) is 24.5 Å². The molecule has 3 nitrogen and oxygen atoms in total. The summed E-state index contributed by atoms with van der Waals surface area (Å²) in [7, 11) is 0. The third-order valence-corrected chi connectivity index (χ3v) is 2.53. The minimum atomic E-state index is -0.125. The van der Waals surface area contributed by atoms with Gasteiger partial charge in [-0.2, -0.15) is 17.0 Å². The molecule has 1 rings (SSSR count). The largest absolute Gasteiger partial charge is 0.324 e. The molecule has 0 heterocycles. The van der Waals surface area contributed by atoms with Crippen molar-refractivity contribution in [3.05, 3.63) is 28.8 Å². The second-order valence-corrected chi connectivity index (χ2v) is 4.06. The molecular formula is C10H9ClN2OS. The fourth-order valence-electron chi connectivity index (χ4n) is 1.01. The first-order valence-corrected chi connectivity index (χ1v) is 5.93. The third kappa shape index (κ3) is 3.46. The van der Waals surface area contributed by atoms with Gasteiger partial charge in [0.1, 0.15) is 0 Å². The van der Waals surface area contributed by atoms with Crippen LogP contribution in [0.4, 0.5) is 5.69 Å². The highest BCUT2D eigenvalue weighted by atomic mass is 35.5. The molecule has 1 N–H and O–H groups in total. The Bertz CT molecular complexity index is 414. The topological polar surface area (TPSA) is 52.9 Å². The van der Waals surface area contributed by atoms with Crippen LogP contribution in [0.25, 0.3) is 0 Å². The molecule has 0 saturated carbocycles. The van der Waals surface area contributed by atoms with E-state index in [4.69, 9.17) is 16.9 Å². The van der Waals surface area contributed by atoms with Gasteiger partial charge in [-0.1, -0.05) is 11.6 Å². The van der Waals surface area contributed by atoms with Crippen LogP contribution in [0.3, 0.4) is 0 Å². The smallest absolute Gasteiger partial charge is 0.234 e. The molecule has 0 aromatic heterocycles. The Labute approximate surface area is 97.4 Å². The van der Waals surface area contributed by atoms with Crippen molar-refractivity contribution in [2.45, 2.75) is 0 Å². The summed E-state index contributed by atoms with van der Waals surface area (Å²) in [4.78, 5) is 11.3. The Kier molecular flexibility index (Phi) is 4.47. The zero-order chi connectivity index (χ0) is 11.3. The van der Waals surface area contributed by atoms with Crippen LogP contribution in [0, 0.1) is 11.3 Å². The van der Waals surface area contributed by atoms with E-state index in [9.17, 15) is 4.79 Å². The molecule has 1 aromatic carbocycles. The molecule has 1 aromatic rings. The van der Waals surface area contributed by atoms with Crippen molar-refractivity contribution in [2.24, 2.45) is 0 Å². The molecule has 5 heteroatoms. The van der Waals surface area contributed by atoms with Gasteiger partial charge in [0.15, 0.2) is 0 Å². The second kappa shape index (κ2) is 5.64. The SMILES string of the molecule is CSCC(=O)Nc1cc(C#N)ccc1Cl. The van der Waals surface area contributed by atoms with Gasteiger partial charge in [0.05, 0.1) is 28.1 Å². The van der Waals surface area contributed by atoms with Crippen LogP contribution in [0.2, 0.25) is 5.02 Å². The average Bonchev–Trinajstić information content (AvgIpc) is 2.21. The van der Waals surface area contributed by atoms with Crippen molar-refractivity contribution in [3.8, 4) is 6.07 Å². The molecule has 0 unspecified atom stereocenters. The lowest BCUT2D eigenvalue weighted by Crippen LogP contribution is -2.14. The summed E-state index contributed by atoms with van der Waals surface area (Å²) in [5.74, 6) is 0.243. The number of benzene rings is 1. The van der Waals surface area contributed by atoms with Crippen molar-refractivity contribution < 1.29 is 4.79 Å². The lowest BCUT2D eigenvalue weighted by atomic mass is 10.2. The molecule has 0 spiro atoms. The molecule has 0 aliphatic heterocycles. The van der Waals surface area contributed by atoms with Crippen LogP contribution in [-0.4, -0.2) is 17.9 Å². The van der Waals surface area contributed by atoms with Crippen LogP contribution < -0.4 is 5.32 Å².